The molecule has 0 spiro atoms. The topological polar surface area (TPSA) is 118 Å². The summed E-state index contributed by atoms with van der Waals surface area (Å²) in [5, 5.41) is 8.02. The van der Waals surface area contributed by atoms with Gasteiger partial charge >= 0.3 is 5.97 Å². The van der Waals surface area contributed by atoms with Gasteiger partial charge in [0, 0.05) is 23.3 Å². The van der Waals surface area contributed by atoms with Gasteiger partial charge in [0.15, 0.2) is 23.1 Å². The van der Waals surface area contributed by atoms with E-state index in [9.17, 15) is 22.8 Å². The van der Waals surface area contributed by atoms with Gasteiger partial charge in [-0.1, -0.05) is 0 Å². The third kappa shape index (κ3) is 5.55. The third-order valence-corrected chi connectivity index (χ3v) is 4.75. The lowest BCUT2D eigenvalue weighted by Crippen LogP contribution is -2.15. The number of methoxy groups -OCH3 is 1. The largest absolute Gasteiger partial charge is 0.465 e. The van der Waals surface area contributed by atoms with Crippen molar-refractivity contribution in [3.8, 4) is 0 Å². The van der Waals surface area contributed by atoms with Gasteiger partial charge in [0.1, 0.15) is 5.82 Å². The minimum absolute atomic E-state index is 0.0367. The van der Waals surface area contributed by atoms with Crippen LogP contribution in [0.4, 0.5) is 42.0 Å². The maximum absolute atomic E-state index is 14.3. The number of esters is 1. The highest BCUT2D eigenvalue weighted by atomic mass is 19.1. The molecule has 0 aliphatic heterocycles. The van der Waals surface area contributed by atoms with E-state index in [4.69, 9.17) is 0 Å². The van der Waals surface area contributed by atoms with E-state index >= 15 is 0 Å². The predicted octanol–water partition coefficient (Wildman–Crippen LogP) is 4.82. The zero-order chi connectivity index (χ0) is 25.7. The maximum Gasteiger partial charge on any atom is 0.340 e. The first kappa shape index (κ1) is 24.1. The lowest BCUT2D eigenvalue weighted by Gasteiger charge is -2.11. The molecule has 36 heavy (non-hydrogen) atoms. The Morgan fingerprint density at radius 3 is 2.25 bits per heavy atom. The van der Waals surface area contributed by atoms with E-state index in [0.29, 0.717) is 11.4 Å². The number of ether oxygens (including phenoxy) is 1. The van der Waals surface area contributed by atoms with Crippen LogP contribution in [0.15, 0.2) is 67.0 Å². The van der Waals surface area contributed by atoms with Crippen LogP contribution in [0, 0.1) is 17.5 Å². The van der Waals surface area contributed by atoms with E-state index in [-0.39, 0.29) is 28.7 Å². The van der Waals surface area contributed by atoms with Crippen molar-refractivity contribution in [3.05, 3.63) is 95.7 Å². The van der Waals surface area contributed by atoms with E-state index in [1.54, 1.807) is 12.1 Å². The smallest absolute Gasteiger partial charge is 0.340 e. The fourth-order valence-corrected chi connectivity index (χ4v) is 3.03. The number of carbonyl (C=O) groups is 2. The van der Waals surface area contributed by atoms with Crippen molar-refractivity contribution in [1.82, 2.24) is 15.0 Å². The Morgan fingerprint density at radius 2 is 1.56 bits per heavy atom. The molecule has 4 aromatic rings. The lowest BCUT2D eigenvalue weighted by atomic mass is 10.2. The molecule has 0 unspecified atom stereocenters. The molecule has 0 aliphatic carbocycles. The summed E-state index contributed by atoms with van der Waals surface area (Å²) < 4.78 is 46.7. The van der Waals surface area contributed by atoms with Crippen LogP contribution >= 0.6 is 0 Å². The number of anilines is 5. The van der Waals surface area contributed by atoms with E-state index in [1.807, 2.05) is 0 Å². The van der Waals surface area contributed by atoms with E-state index in [0.717, 1.165) is 25.4 Å². The molecule has 0 aliphatic rings. The zero-order valence-electron chi connectivity index (χ0n) is 18.6. The Kier molecular flexibility index (Phi) is 7.04. The highest BCUT2D eigenvalue weighted by Gasteiger charge is 2.15. The van der Waals surface area contributed by atoms with Gasteiger partial charge in [-0.15, -0.1) is 0 Å². The number of aromatic nitrogens is 3. The average molecular weight is 494 g/mol. The molecule has 2 heterocycles. The molecule has 0 fully saturated rings. The van der Waals surface area contributed by atoms with Crippen molar-refractivity contribution in [2.24, 2.45) is 0 Å². The Labute approximate surface area is 202 Å². The van der Waals surface area contributed by atoms with Crippen LogP contribution in [-0.4, -0.2) is 33.9 Å². The molecule has 4 rings (SSSR count). The summed E-state index contributed by atoms with van der Waals surface area (Å²) in [5.41, 5.74) is 0.424. The van der Waals surface area contributed by atoms with E-state index in [1.165, 1.54) is 36.5 Å². The molecule has 2 aromatic carbocycles. The number of hydrogen-bond donors (Lipinski definition) is 3. The van der Waals surface area contributed by atoms with Gasteiger partial charge in [-0.25, -0.2) is 27.9 Å². The number of pyridine rings is 1. The van der Waals surface area contributed by atoms with Gasteiger partial charge in [-0.3, -0.25) is 4.79 Å². The number of amides is 1. The van der Waals surface area contributed by atoms with Crippen LogP contribution in [-0.2, 0) is 4.74 Å². The first-order valence-corrected chi connectivity index (χ1v) is 10.3. The van der Waals surface area contributed by atoms with Gasteiger partial charge in [0.25, 0.3) is 5.91 Å². The standard InChI is InChI=1S/C24H17F3N6O3/c1-36-23(35)16-9-8-15(11-18(16)26)32-24-29-12-19(27)21(33-24)30-13-4-6-14(7-5-13)31-22(34)20-17(25)3-2-10-28-20/h2-12H,1H3,(H,31,34)(H2,29,30,32,33). The van der Waals surface area contributed by atoms with Crippen LogP contribution in [0.2, 0.25) is 0 Å². The van der Waals surface area contributed by atoms with Gasteiger partial charge < -0.3 is 20.7 Å². The second-order valence-electron chi connectivity index (χ2n) is 7.19. The van der Waals surface area contributed by atoms with Crippen molar-refractivity contribution < 1.29 is 27.5 Å². The Hall–Kier alpha value is -5.00. The Bertz CT molecular complexity index is 1430. The minimum atomic E-state index is -0.821. The van der Waals surface area contributed by atoms with Crippen LogP contribution in [0.3, 0.4) is 0 Å². The number of nitrogens with zero attached hydrogens (tertiary/aromatic N) is 3. The molecule has 12 heteroatoms. The first-order valence-electron chi connectivity index (χ1n) is 10.3. The van der Waals surface area contributed by atoms with Crippen LogP contribution in [0.5, 0.6) is 0 Å². The molecule has 2 aromatic heterocycles. The van der Waals surface area contributed by atoms with Gasteiger partial charge in [-0.2, -0.15) is 4.98 Å². The SMILES string of the molecule is COC(=O)c1ccc(Nc2ncc(F)c(Nc3ccc(NC(=O)c4ncccc4F)cc3)n2)cc1F. The molecular formula is C24H17F3N6O3. The second-order valence-corrected chi connectivity index (χ2v) is 7.19. The summed E-state index contributed by atoms with van der Waals surface area (Å²) in [5.74, 6) is -4.07. The number of carbonyl (C=O) groups excluding carboxylic acids is 2. The molecular weight excluding hydrogens is 477 g/mol. The molecule has 0 saturated heterocycles. The molecule has 3 N–H and O–H groups in total. The molecule has 0 bridgehead atoms. The quantitative estimate of drug-likeness (QED) is 0.313. The van der Waals surface area contributed by atoms with Crippen LogP contribution in [0.1, 0.15) is 20.8 Å². The number of hydrogen-bond acceptors (Lipinski definition) is 8. The van der Waals surface area contributed by atoms with Crippen LogP contribution < -0.4 is 16.0 Å². The maximum atomic E-state index is 14.3. The number of rotatable bonds is 7. The molecule has 182 valence electrons. The molecule has 0 radical (unpaired) electrons. The highest BCUT2D eigenvalue weighted by Crippen LogP contribution is 2.23. The van der Waals surface area contributed by atoms with Gasteiger partial charge in [-0.05, 0) is 54.6 Å². The fourth-order valence-electron chi connectivity index (χ4n) is 3.03. The summed E-state index contributed by atoms with van der Waals surface area (Å²) in [6, 6.07) is 12.3. The van der Waals surface area contributed by atoms with Crippen molar-refractivity contribution in [2.75, 3.05) is 23.1 Å². The summed E-state index contributed by atoms with van der Waals surface area (Å²) in [4.78, 5) is 35.3. The van der Waals surface area contributed by atoms with Crippen molar-refractivity contribution in [3.63, 3.8) is 0 Å². The third-order valence-electron chi connectivity index (χ3n) is 4.75. The highest BCUT2D eigenvalue weighted by molar-refractivity contribution is 6.03. The normalized spacial score (nSPS) is 10.4. The first-order chi connectivity index (χ1) is 17.3. The Morgan fingerprint density at radius 1 is 0.833 bits per heavy atom. The summed E-state index contributed by atoms with van der Waals surface area (Å²) in [7, 11) is 1.14. The number of nitrogens with one attached hydrogen (secondary N) is 3. The molecule has 1 amide bonds. The summed E-state index contributed by atoms with van der Waals surface area (Å²) in [6.45, 7) is 0. The van der Waals surface area contributed by atoms with E-state index in [2.05, 4.69) is 35.6 Å². The lowest BCUT2D eigenvalue weighted by molar-refractivity contribution is 0.0595. The summed E-state index contributed by atoms with van der Waals surface area (Å²) in [6.07, 6.45) is 2.23. The van der Waals surface area contributed by atoms with Crippen molar-refractivity contribution in [2.45, 2.75) is 0 Å². The zero-order valence-corrected chi connectivity index (χ0v) is 18.6. The van der Waals surface area contributed by atoms with E-state index < -0.39 is 29.3 Å². The molecule has 0 saturated carbocycles. The predicted molar refractivity (Wildman–Crippen MR) is 125 cm³/mol. The number of benzene rings is 2. The monoisotopic (exact) mass is 494 g/mol. The number of halogens is 3. The van der Waals surface area contributed by atoms with Gasteiger partial charge in [0.05, 0.1) is 18.9 Å². The second kappa shape index (κ2) is 10.5. The molecule has 9 nitrogen and oxygen atoms in total. The van der Waals surface area contributed by atoms with Gasteiger partial charge in [0.2, 0.25) is 5.95 Å². The molecule has 0 atom stereocenters. The minimum Gasteiger partial charge on any atom is -0.465 e. The van der Waals surface area contributed by atoms with Crippen molar-refractivity contribution in [1.29, 1.82) is 0 Å². The van der Waals surface area contributed by atoms with Crippen molar-refractivity contribution >= 4 is 40.7 Å². The van der Waals surface area contributed by atoms with Crippen LogP contribution in [0.25, 0.3) is 0 Å². The Balaban J connectivity index is 1.44. The fraction of sp³-hybridized carbons (Fsp3) is 0.0417. The average Bonchev–Trinajstić information content (AvgIpc) is 2.87. The summed E-state index contributed by atoms with van der Waals surface area (Å²) >= 11 is 0.